The van der Waals surface area contributed by atoms with E-state index in [1.54, 1.807) is 0 Å². The standard InChI is InChI=1S/C63H61BN2O2/c1-59(2,3)36-21-25-38(26-22-36)65-50-33-43-40-17-13-15-19-46(40)63(11,12)55(43)54-44-31-42-41-18-14-16-20-51(41)67-53(42)35-49(44)66(39-27-23-37(24-28-39)60(4,5)6)64(56(50)54)58-57(65)45-32-47-48(34-52(45)68-58)62(9,10)30-29-61(47,7)8/h13-28,31-35H,29-30H2,1-12H3. The van der Waals surface area contributed by atoms with Crippen LogP contribution in [-0.4, -0.2) is 6.85 Å². The van der Waals surface area contributed by atoms with Crippen molar-refractivity contribution in [2.75, 3.05) is 9.71 Å². The van der Waals surface area contributed by atoms with Gasteiger partial charge < -0.3 is 18.5 Å². The molecule has 7 aromatic carbocycles. The van der Waals surface area contributed by atoms with Crippen LogP contribution in [0, 0.1) is 0 Å². The predicted octanol–water partition coefficient (Wildman–Crippen LogP) is 16.3. The molecule has 68 heavy (non-hydrogen) atoms. The number of rotatable bonds is 2. The number of nitrogens with zero attached hydrogens (tertiary/aromatic N) is 2. The first-order valence-corrected chi connectivity index (χ1v) is 24.9. The second kappa shape index (κ2) is 13.4. The second-order valence-electron chi connectivity index (χ2n) is 24.4. The van der Waals surface area contributed by atoms with Crippen LogP contribution in [0.1, 0.15) is 129 Å². The normalized spacial score (nSPS) is 17.3. The SMILES string of the molecule is CC(C)(C)c1ccc(N2B3c4oc5cc6c(cc5c4N(c4ccc(C(C)(C)C)cc4)c4cc5c(c(c43)-c3cc4c(cc32)oc2ccccc24)C(C)(C)c2ccccc2-5)C(C)(C)CCC6(C)C)cc1. The van der Waals surface area contributed by atoms with E-state index in [1.807, 2.05) is 0 Å². The van der Waals surface area contributed by atoms with E-state index in [4.69, 9.17) is 8.83 Å². The number of para-hydroxylation sites is 1. The van der Waals surface area contributed by atoms with Crippen molar-refractivity contribution in [2.24, 2.45) is 0 Å². The van der Waals surface area contributed by atoms with Gasteiger partial charge in [-0.2, -0.15) is 0 Å². The highest BCUT2D eigenvalue weighted by Crippen LogP contribution is 2.59. The Kier molecular flexibility index (Phi) is 8.22. The van der Waals surface area contributed by atoms with Gasteiger partial charge in [0.15, 0.2) is 0 Å². The number of anilines is 5. The molecule has 0 amide bonds. The molecule has 5 heteroatoms. The first-order valence-electron chi connectivity index (χ1n) is 24.9. The third-order valence-electron chi connectivity index (χ3n) is 16.8. The van der Waals surface area contributed by atoms with Gasteiger partial charge in [-0.3, -0.25) is 0 Å². The molecule has 4 aliphatic rings. The van der Waals surface area contributed by atoms with Crippen LogP contribution < -0.4 is 20.8 Å². The van der Waals surface area contributed by atoms with Crippen LogP contribution in [-0.2, 0) is 27.1 Å². The monoisotopic (exact) mass is 888 g/mol. The second-order valence-corrected chi connectivity index (χ2v) is 24.4. The van der Waals surface area contributed by atoms with Crippen molar-refractivity contribution in [3.63, 3.8) is 0 Å². The van der Waals surface area contributed by atoms with Gasteiger partial charge in [-0.1, -0.05) is 150 Å². The molecule has 0 saturated heterocycles. The summed E-state index contributed by atoms with van der Waals surface area (Å²) in [6.07, 6.45) is 2.27. The minimum Gasteiger partial charge on any atom is -0.466 e. The molecule has 2 aliphatic carbocycles. The van der Waals surface area contributed by atoms with Crippen molar-refractivity contribution in [1.29, 1.82) is 0 Å². The molecule has 0 radical (unpaired) electrons. The number of furan rings is 2. The summed E-state index contributed by atoms with van der Waals surface area (Å²) in [6, 6.07) is 48.7. The fraction of sp³-hybridized carbons (Fsp3) is 0.302. The quantitative estimate of drug-likeness (QED) is 0.162. The van der Waals surface area contributed by atoms with Crippen LogP contribution in [0.4, 0.5) is 28.4 Å². The van der Waals surface area contributed by atoms with E-state index in [-0.39, 0.29) is 33.9 Å². The summed E-state index contributed by atoms with van der Waals surface area (Å²) in [5.41, 5.74) is 23.8. The van der Waals surface area contributed by atoms with Gasteiger partial charge in [0, 0.05) is 56.0 Å². The summed E-state index contributed by atoms with van der Waals surface area (Å²) in [5.74, 6) is 0. The largest absolute Gasteiger partial charge is 0.466 e. The van der Waals surface area contributed by atoms with Crippen molar-refractivity contribution in [3.05, 3.63) is 161 Å². The van der Waals surface area contributed by atoms with E-state index in [9.17, 15) is 0 Å². The summed E-state index contributed by atoms with van der Waals surface area (Å²) in [7, 11) is 0. The molecule has 0 unspecified atom stereocenters. The van der Waals surface area contributed by atoms with Crippen molar-refractivity contribution >= 4 is 79.3 Å². The molecule has 0 spiro atoms. The minimum atomic E-state index is -0.301. The molecule has 0 N–H and O–H groups in total. The van der Waals surface area contributed by atoms with Gasteiger partial charge in [0.05, 0.1) is 5.69 Å². The van der Waals surface area contributed by atoms with Crippen molar-refractivity contribution < 1.29 is 8.83 Å². The highest BCUT2D eigenvalue weighted by atomic mass is 16.3. The first-order chi connectivity index (χ1) is 32.2. The molecule has 4 heterocycles. The average molecular weight is 889 g/mol. The first kappa shape index (κ1) is 41.7. The van der Waals surface area contributed by atoms with Gasteiger partial charge in [0.25, 0.3) is 0 Å². The number of benzene rings is 7. The maximum Gasteiger partial charge on any atom is 0.375 e. The van der Waals surface area contributed by atoms with Crippen molar-refractivity contribution in [3.8, 4) is 22.3 Å². The fourth-order valence-electron chi connectivity index (χ4n) is 12.8. The Bertz CT molecular complexity index is 3620. The Morgan fingerprint density at radius 2 is 1.10 bits per heavy atom. The molecule has 4 nitrogen and oxygen atoms in total. The number of hydrogen-bond acceptors (Lipinski definition) is 4. The average Bonchev–Trinajstić information content (AvgIpc) is 3.93. The molecule has 2 aliphatic heterocycles. The number of hydrogen-bond donors (Lipinski definition) is 0. The summed E-state index contributed by atoms with van der Waals surface area (Å²) in [4.78, 5) is 5.18. The van der Waals surface area contributed by atoms with Gasteiger partial charge in [-0.25, -0.2) is 0 Å². The maximum atomic E-state index is 7.70. The highest BCUT2D eigenvalue weighted by Gasteiger charge is 2.53. The Labute approximate surface area is 402 Å². The molecule has 0 fully saturated rings. The minimum absolute atomic E-state index is 0.000136. The fourth-order valence-corrected chi connectivity index (χ4v) is 12.8. The lowest BCUT2D eigenvalue weighted by molar-refractivity contribution is 0.332. The van der Waals surface area contributed by atoms with Gasteiger partial charge >= 0.3 is 6.85 Å². The van der Waals surface area contributed by atoms with Crippen molar-refractivity contribution in [2.45, 2.75) is 123 Å². The van der Waals surface area contributed by atoms with E-state index in [2.05, 4.69) is 220 Å². The Hall–Kier alpha value is -6.46. The summed E-state index contributed by atoms with van der Waals surface area (Å²) in [6.45, 7) is 28.1. The molecular weight excluding hydrogens is 828 g/mol. The van der Waals surface area contributed by atoms with Crippen LogP contribution >= 0.6 is 0 Å². The number of fused-ring (bicyclic) bond motifs is 14. The Balaban J connectivity index is 1.22. The molecule has 338 valence electrons. The van der Waals surface area contributed by atoms with E-state index in [1.165, 1.54) is 72.2 Å². The molecule has 13 rings (SSSR count). The zero-order valence-electron chi connectivity index (χ0n) is 41.8. The third kappa shape index (κ3) is 5.62. The molecule has 2 aromatic heterocycles. The van der Waals surface area contributed by atoms with Gasteiger partial charge in [0.1, 0.15) is 22.4 Å². The summed E-state index contributed by atoms with van der Waals surface area (Å²) < 4.78 is 14.5. The van der Waals surface area contributed by atoms with Crippen LogP contribution in [0.5, 0.6) is 0 Å². The summed E-state index contributed by atoms with van der Waals surface area (Å²) in [5, 5.41) is 3.43. The van der Waals surface area contributed by atoms with Gasteiger partial charge in [-0.15, -0.1) is 0 Å². The molecule has 0 saturated carbocycles. The van der Waals surface area contributed by atoms with E-state index in [0.29, 0.717) is 0 Å². The molecular formula is C63H61BN2O2. The Morgan fingerprint density at radius 3 is 1.78 bits per heavy atom. The molecule has 9 aromatic rings. The van der Waals surface area contributed by atoms with Crippen LogP contribution in [0.25, 0.3) is 55.2 Å². The van der Waals surface area contributed by atoms with Crippen LogP contribution in [0.3, 0.4) is 0 Å². The van der Waals surface area contributed by atoms with Gasteiger partial charge in [0.2, 0.25) is 0 Å². The summed E-state index contributed by atoms with van der Waals surface area (Å²) >= 11 is 0. The van der Waals surface area contributed by atoms with Crippen LogP contribution in [0.15, 0.2) is 136 Å². The Morgan fingerprint density at radius 1 is 0.500 bits per heavy atom. The maximum absolute atomic E-state index is 7.70. The van der Waals surface area contributed by atoms with Gasteiger partial charge in [-0.05, 0) is 145 Å². The predicted molar refractivity (Wildman–Crippen MR) is 287 cm³/mol. The lowest BCUT2D eigenvalue weighted by Gasteiger charge is -2.45. The lowest BCUT2D eigenvalue weighted by Crippen LogP contribution is -2.61. The third-order valence-corrected chi connectivity index (χ3v) is 16.8. The van der Waals surface area contributed by atoms with E-state index < -0.39 is 0 Å². The van der Waals surface area contributed by atoms with E-state index in [0.717, 1.165) is 68.8 Å². The van der Waals surface area contributed by atoms with Crippen molar-refractivity contribution in [1.82, 2.24) is 0 Å². The molecule has 0 atom stereocenters. The highest BCUT2D eigenvalue weighted by molar-refractivity contribution is 6.93. The van der Waals surface area contributed by atoms with E-state index >= 15 is 0 Å². The van der Waals surface area contributed by atoms with Crippen LogP contribution in [0.2, 0.25) is 0 Å². The molecule has 0 bridgehead atoms. The zero-order chi connectivity index (χ0) is 47.2. The lowest BCUT2D eigenvalue weighted by atomic mass is 9.45. The smallest absolute Gasteiger partial charge is 0.375 e. The topological polar surface area (TPSA) is 32.8 Å². The zero-order valence-corrected chi connectivity index (χ0v) is 41.8.